The van der Waals surface area contributed by atoms with Crippen molar-refractivity contribution in [3.05, 3.63) is 47.0 Å². The molecule has 6 heteroatoms. The summed E-state index contributed by atoms with van der Waals surface area (Å²) in [5, 5.41) is 8.56. The minimum atomic E-state index is -0.0756. The predicted octanol–water partition coefficient (Wildman–Crippen LogP) is 3.06. The molecule has 21 heavy (non-hydrogen) atoms. The van der Waals surface area contributed by atoms with Gasteiger partial charge in [-0.05, 0) is 38.0 Å². The molecule has 1 heterocycles. The zero-order valence-corrected chi connectivity index (χ0v) is 12.3. The first-order valence-corrected chi connectivity index (χ1v) is 7.00. The molecule has 0 unspecified atom stereocenters. The summed E-state index contributed by atoms with van der Waals surface area (Å²) < 4.78 is 5.91. The van der Waals surface area contributed by atoms with Gasteiger partial charge in [-0.2, -0.15) is 0 Å². The van der Waals surface area contributed by atoms with Gasteiger partial charge < -0.3 is 10.5 Å². The number of nitrogen functional groups attached to an aromatic ring is 1. The lowest BCUT2D eigenvalue weighted by molar-refractivity contribution is 0.200. The zero-order valence-electron chi connectivity index (χ0n) is 11.6. The summed E-state index contributed by atoms with van der Waals surface area (Å²) in [6, 6.07) is 6.88. The summed E-state index contributed by atoms with van der Waals surface area (Å²) in [4.78, 5) is 7.87. The van der Waals surface area contributed by atoms with E-state index in [0.717, 1.165) is 12.8 Å². The van der Waals surface area contributed by atoms with Crippen molar-refractivity contribution >= 4 is 23.0 Å². The molecule has 0 bridgehead atoms. The molecule has 2 aromatic rings. The number of benzene rings is 1. The Bertz CT molecular complexity index is 713. The molecule has 3 N–H and O–H groups in total. The molecular formula is C15H15ClN4O. The van der Waals surface area contributed by atoms with Gasteiger partial charge in [-0.3, -0.25) is 5.41 Å². The molecule has 0 atom stereocenters. The summed E-state index contributed by atoms with van der Waals surface area (Å²) in [7, 11) is 0. The quantitative estimate of drug-likeness (QED) is 0.516. The Labute approximate surface area is 127 Å². The van der Waals surface area contributed by atoms with Gasteiger partial charge in [0.25, 0.3) is 0 Å². The van der Waals surface area contributed by atoms with Crippen LogP contribution in [0.2, 0.25) is 5.15 Å². The number of rotatable bonds is 4. The highest BCUT2D eigenvalue weighted by Gasteiger charge is 2.40. The number of aromatic nitrogens is 2. The molecule has 0 saturated heterocycles. The maximum atomic E-state index is 8.27. The largest absolute Gasteiger partial charge is 0.488 e. The van der Waals surface area contributed by atoms with Gasteiger partial charge in [0, 0.05) is 17.3 Å². The normalized spacial score (nSPS) is 15.5. The van der Waals surface area contributed by atoms with Crippen LogP contribution in [-0.4, -0.2) is 21.3 Å². The maximum absolute atomic E-state index is 8.27. The van der Waals surface area contributed by atoms with Crippen molar-refractivity contribution in [1.29, 1.82) is 5.41 Å². The molecule has 1 aromatic carbocycles. The maximum Gasteiger partial charge on any atom is 0.133 e. The topological polar surface area (TPSA) is 84.9 Å². The van der Waals surface area contributed by atoms with E-state index in [1.165, 1.54) is 6.33 Å². The first kappa shape index (κ1) is 13.8. The third-order valence-electron chi connectivity index (χ3n) is 3.50. The summed E-state index contributed by atoms with van der Waals surface area (Å²) in [5.74, 6) is 0.712. The average molecular weight is 303 g/mol. The number of nitrogens with zero attached hydrogens (tertiary/aromatic N) is 2. The molecule has 1 aromatic heterocycles. The minimum Gasteiger partial charge on any atom is -0.488 e. The molecule has 3 rings (SSSR count). The van der Waals surface area contributed by atoms with Crippen LogP contribution in [0, 0.1) is 5.41 Å². The van der Waals surface area contributed by atoms with Gasteiger partial charge in [0.05, 0.1) is 11.4 Å². The third kappa shape index (κ3) is 2.97. The molecule has 0 spiro atoms. The Morgan fingerprint density at radius 3 is 2.76 bits per heavy atom. The van der Waals surface area contributed by atoms with Crippen LogP contribution in [0.15, 0.2) is 30.6 Å². The van der Waals surface area contributed by atoms with Crippen LogP contribution in [0.3, 0.4) is 0 Å². The van der Waals surface area contributed by atoms with E-state index < -0.39 is 0 Å². The number of hydrogen-bond donors (Lipinski definition) is 2. The van der Waals surface area contributed by atoms with Crippen LogP contribution in [0.4, 0.5) is 5.69 Å². The first-order chi connectivity index (χ1) is 9.97. The highest BCUT2D eigenvalue weighted by molar-refractivity contribution is 6.30. The van der Waals surface area contributed by atoms with E-state index >= 15 is 0 Å². The fourth-order valence-corrected chi connectivity index (χ4v) is 2.13. The lowest BCUT2D eigenvalue weighted by Crippen LogP contribution is -2.13. The van der Waals surface area contributed by atoms with E-state index in [9.17, 15) is 0 Å². The Morgan fingerprint density at radius 2 is 2.10 bits per heavy atom. The van der Waals surface area contributed by atoms with E-state index in [-0.39, 0.29) is 11.3 Å². The monoisotopic (exact) mass is 302 g/mol. The first-order valence-electron chi connectivity index (χ1n) is 6.62. The number of nitrogens with two attached hydrogens (primary N) is 1. The molecular weight excluding hydrogens is 288 g/mol. The Morgan fingerprint density at radius 1 is 1.33 bits per heavy atom. The van der Waals surface area contributed by atoms with Gasteiger partial charge in [-0.25, -0.2) is 9.97 Å². The Hall–Kier alpha value is -2.14. The van der Waals surface area contributed by atoms with E-state index in [2.05, 4.69) is 16.9 Å². The van der Waals surface area contributed by atoms with Gasteiger partial charge >= 0.3 is 0 Å². The molecule has 1 aliphatic rings. The van der Waals surface area contributed by atoms with Crippen LogP contribution in [0.5, 0.6) is 5.75 Å². The van der Waals surface area contributed by atoms with Gasteiger partial charge in [-0.15, -0.1) is 0 Å². The molecule has 0 aliphatic heterocycles. The van der Waals surface area contributed by atoms with Gasteiger partial charge in [-0.1, -0.05) is 11.6 Å². The Kier molecular flexibility index (Phi) is 3.29. The van der Waals surface area contributed by atoms with Crippen molar-refractivity contribution < 1.29 is 4.74 Å². The van der Waals surface area contributed by atoms with Crippen LogP contribution >= 0.6 is 11.6 Å². The lowest BCUT2D eigenvalue weighted by Gasteiger charge is -2.15. The molecule has 0 radical (unpaired) electrons. The fourth-order valence-electron chi connectivity index (χ4n) is 1.99. The standard InChI is InChI=1S/C15H15ClN4O/c1-15(4-5-15)21-9-2-3-11(17)10(6-9)14(18)12-7-13(16)20-8-19-12/h2-3,6-8,18H,4-5,17H2,1H3. The summed E-state index contributed by atoms with van der Waals surface area (Å²) in [5.41, 5.74) is 7.60. The van der Waals surface area contributed by atoms with Crippen molar-refractivity contribution in [3.8, 4) is 5.75 Å². The minimum absolute atomic E-state index is 0.0756. The van der Waals surface area contributed by atoms with E-state index in [1.807, 2.05) is 6.07 Å². The highest BCUT2D eigenvalue weighted by atomic mass is 35.5. The van der Waals surface area contributed by atoms with Gasteiger partial charge in [0.1, 0.15) is 22.8 Å². The van der Waals surface area contributed by atoms with Crippen LogP contribution in [0.1, 0.15) is 31.0 Å². The second-order valence-corrected chi connectivity index (χ2v) is 5.79. The number of hydrogen-bond acceptors (Lipinski definition) is 5. The number of halogens is 1. The molecule has 1 fully saturated rings. The predicted molar refractivity (Wildman–Crippen MR) is 82.1 cm³/mol. The van der Waals surface area contributed by atoms with Crippen molar-refractivity contribution in [1.82, 2.24) is 9.97 Å². The van der Waals surface area contributed by atoms with Crippen molar-refractivity contribution in [2.75, 3.05) is 5.73 Å². The third-order valence-corrected chi connectivity index (χ3v) is 3.71. The van der Waals surface area contributed by atoms with Crippen molar-refractivity contribution in [3.63, 3.8) is 0 Å². The van der Waals surface area contributed by atoms with Gasteiger partial charge in [0.15, 0.2) is 0 Å². The van der Waals surface area contributed by atoms with E-state index in [4.69, 9.17) is 27.5 Å². The number of ether oxygens (including phenoxy) is 1. The molecule has 5 nitrogen and oxygen atoms in total. The van der Waals surface area contributed by atoms with Crippen molar-refractivity contribution in [2.45, 2.75) is 25.4 Å². The smallest absolute Gasteiger partial charge is 0.133 e. The van der Waals surface area contributed by atoms with E-state index in [0.29, 0.717) is 27.8 Å². The fraction of sp³-hybridized carbons (Fsp3) is 0.267. The van der Waals surface area contributed by atoms with Crippen LogP contribution in [-0.2, 0) is 0 Å². The average Bonchev–Trinajstić information content (AvgIpc) is 3.18. The zero-order chi connectivity index (χ0) is 15.0. The molecule has 108 valence electrons. The number of anilines is 1. The number of nitrogens with one attached hydrogen (secondary N) is 1. The summed E-state index contributed by atoms with van der Waals surface area (Å²) >= 11 is 5.84. The summed E-state index contributed by atoms with van der Waals surface area (Å²) in [6.45, 7) is 2.07. The molecule has 1 saturated carbocycles. The molecule has 0 amide bonds. The second kappa shape index (κ2) is 5.00. The Balaban J connectivity index is 1.93. The van der Waals surface area contributed by atoms with Crippen LogP contribution < -0.4 is 10.5 Å². The molecule has 1 aliphatic carbocycles. The highest BCUT2D eigenvalue weighted by Crippen LogP contribution is 2.40. The van der Waals surface area contributed by atoms with E-state index in [1.54, 1.807) is 18.2 Å². The SMILES string of the molecule is CC1(Oc2ccc(N)c(C(=N)c3cc(Cl)ncn3)c2)CC1. The van der Waals surface area contributed by atoms with Crippen LogP contribution in [0.25, 0.3) is 0 Å². The van der Waals surface area contributed by atoms with Crippen molar-refractivity contribution in [2.24, 2.45) is 0 Å². The van der Waals surface area contributed by atoms with Gasteiger partial charge in [0.2, 0.25) is 0 Å². The lowest BCUT2D eigenvalue weighted by atomic mass is 10.0. The summed E-state index contributed by atoms with van der Waals surface area (Å²) in [6.07, 6.45) is 3.42. The second-order valence-electron chi connectivity index (χ2n) is 5.40.